The Balaban J connectivity index is 0.00000210. The van der Waals surface area contributed by atoms with E-state index in [-0.39, 0.29) is 86.0 Å². The van der Waals surface area contributed by atoms with Gasteiger partial charge in [-0.2, -0.15) is 21.9 Å². The van der Waals surface area contributed by atoms with Crippen molar-refractivity contribution < 1.29 is 31.0 Å². The van der Waals surface area contributed by atoms with E-state index in [2.05, 4.69) is 10.2 Å². The molecule has 13 heteroatoms. The first kappa shape index (κ1) is 26.2. The smallest absolute Gasteiger partial charge is 0.294 e. The molecule has 142 valence electrons. The van der Waals surface area contributed by atoms with E-state index in [1.165, 1.54) is 42.5 Å². The minimum absolute atomic E-state index is 0. The van der Waals surface area contributed by atoms with Crippen LogP contribution in [0.3, 0.4) is 0 Å². The number of aromatic hydroxyl groups is 1. The summed E-state index contributed by atoms with van der Waals surface area (Å²) in [5.74, 6) is -0.239. The standard InChI is InChI=1S/C16H12N2O7S2.2Na/c19-15-7-4-10-8-13(27(23,24)25)5-6-14(10)16(15)18-17-11-2-1-3-12(9-11)26(20,21)22;;/h1-9,19H,(H,20,21,22)(H,23,24,25);;. The Bertz CT molecular complexity index is 1290. The van der Waals surface area contributed by atoms with Gasteiger partial charge in [0.1, 0.15) is 11.4 Å². The monoisotopic (exact) mass is 454 g/mol. The van der Waals surface area contributed by atoms with Crippen LogP contribution in [-0.4, -0.2) is 90.2 Å². The third-order valence-corrected chi connectivity index (χ3v) is 5.32. The van der Waals surface area contributed by atoms with E-state index in [0.29, 0.717) is 10.8 Å². The molecule has 3 aromatic carbocycles. The van der Waals surface area contributed by atoms with Gasteiger partial charge in [-0.25, -0.2) is 0 Å². The summed E-state index contributed by atoms with van der Waals surface area (Å²) in [4.78, 5) is -0.677. The number of azo groups is 1. The molecule has 0 bridgehead atoms. The molecule has 9 nitrogen and oxygen atoms in total. The van der Waals surface area contributed by atoms with Crippen molar-refractivity contribution in [2.24, 2.45) is 10.2 Å². The van der Waals surface area contributed by atoms with Crippen LogP contribution in [0, 0.1) is 0 Å². The summed E-state index contributed by atoms with van der Waals surface area (Å²) in [5, 5.41) is 18.5. The molecule has 0 fully saturated rings. The van der Waals surface area contributed by atoms with Gasteiger partial charge in [0, 0.05) is 64.5 Å². The summed E-state index contributed by atoms with van der Waals surface area (Å²) in [5.41, 5.74) is 0.128. The molecular weight excluding hydrogens is 442 g/mol. The molecule has 0 aliphatic carbocycles. The fourth-order valence-corrected chi connectivity index (χ4v) is 3.40. The Morgan fingerprint density at radius 1 is 0.724 bits per heavy atom. The van der Waals surface area contributed by atoms with Gasteiger partial charge < -0.3 is 5.11 Å². The second-order valence-corrected chi connectivity index (χ2v) is 8.31. The van der Waals surface area contributed by atoms with Crippen molar-refractivity contribution in [1.29, 1.82) is 0 Å². The average Bonchev–Trinajstić information content (AvgIpc) is 2.59. The first-order valence-corrected chi connectivity index (χ1v) is 10.2. The largest absolute Gasteiger partial charge is 0.506 e. The van der Waals surface area contributed by atoms with Gasteiger partial charge >= 0.3 is 0 Å². The number of hydrogen-bond acceptors (Lipinski definition) is 7. The van der Waals surface area contributed by atoms with Crippen molar-refractivity contribution in [2.75, 3.05) is 0 Å². The van der Waals surface area contributed by atoms with Crippen molar-refractivity contribution in [1.82, 2.24) is 0 Å². The zero-order valence-electron chi connectivity index (χ0n) is 15.4. The molecule has 0 atom stereocenters. The summed E-state index contributed by atoms with van der Waals surface area (Å²) in [6.07, 6.45) is 0. The fraction of sp³-hybridized carbons (Fsp3) is 0. The Morgan fingerprint density at radius 3 is 1.97 bits per heavy atom. The molecule has 0 aliphatic heterocycles. The molecule has 0 aliphatic rings. The van der Waals surface area contributed by atoms with Crippen LogP contribution in [-0.2, 0) is 20.2 Å². The zero-order chi connectivity index (χ0) is 19.8. The van der Waals surface area contributed by atoms with E-state index < -0.39 is 20.2 Å². The third-order valence-electron chi connectivity index (χ3n) is 3.62. The van der Waals surface area contributed by atoms with E-state index in [1.807, 2.05) is 0 Å². The molecule has 3 aromatic rings. The summed E-state index contributed by atoms with van der Waals surface area (Å²) >= 11 is 0. The van der Waals surface area contributed by atoms with Crippen LogP contribution in [0.1, 0.15) is 0 Å². The molecule has 29 heavy (non-hydrogen) atoms. The molecular formula is C16H12N2Na2O7S2. The van der Waals surface area contributed by atoms with E-state index in [4.69, 9.17) is 9.11 Å². The Hall–Kier alpha value is -0.860. The molecule has 0 unspecified atom stereocenters. The van der Waals surface area contributed by atoms with Gasteiger partial charge in [-0.1, -0.05) is 18.2 Å². The number of nitrogens with zero attached hydrogens (tertiary/aromatic N) is 2. The molecule has 0 spiro atoms. The number of benzene rings is 3. The summed E-state index contributed by atoms with van der Waals surface area (Å²) in [6, 6.07) is 11.5. The van der Waals surface area contributed by atoms with Crippen LogP contribution in [0.25, 0.3) is 10.8 Å². The van der Waals surface area contributed by atoms with Crippen LogP contribution in [0.15, 0.2) is 74.6 Å². The number of fused-ring (bicyclic) bond motifs is 1. The molecule has 2 radical (unpaired) electrons. The molecule has 0 saturated carbocycles. The van der Waals surface area contributed by atoms with Gasteiger partial charge in [0.2, 0.25) is 0 Å². The molecule has 3 N–H and O–H groups in total. The van der Waals surface area contributed by atoms with Crippen molar-refractivity contribution in [2.45, 2.75) is 9.79 Å². The summed E-state index contributed by atoms with van der Waals surface area (Å²) in [6.45, 7) is 0. The third kappa shape index (κ3) is 6.31. The second kappa shape index (κ2) is 9.96. The van der Waals surface area contributed by atoms with E-state index >= 15 is 0 Å². The van der Waals surface area contributed by atoms with Gasteiger partial charge in [-0.15, -0.1) is 5.11 Å². The molecule has 0 amide bonds. The Morgan fingerprint density at radius 2 is 1.34 bits per heavy atom. The van der Waals surface area contributed by atoms with Crippen molar-refractivity contribution >= 4 is 101 Å². The molecule has 0 aromatic heterocycles. The molecule has 0 heterocycles. The maximum Gasteiger partial charge on any atom is 0.294 e. The van der Waals surface area contributed by atoms with Crippen molar-refractivity contribution in [3.8, 4) is 5.75 Å². The molecule has 0 saturated heterocycles. The number of phenols is 1. The van der Waals surface area contributed by atoms with Crippen molar-refractivity contribution in [3.63, 3.8) is 0 Å². The predicted octanol–water partition coefficient (Wildman–Crippen LogP) is 2.69. The first-order valence-electron chi connectivity index (χ1n) is 7.28. The van der Waals surface area contributed by atoms with E-state index in [0.717, 1.165) is 12.1 Å². The minimum atomic E-state index is -4.40. The average molecular weight is 454 g/mol. The maximum atomic E-state index is 11.2. The fourth-order valence-electron chi connectivity index (χ4n) is 2.36. The van der Waals surface area contributed by atoms with Gasteiger partial charge in [-0.05, 0) is 41.8 Å². The van der Waals surface area contributed by atoms with Gasteiger partial charge in [0.25, 0.3) is 20.2 Å². The number of hydrogen-bond donors (Lipinski definition) is 3. The van der Waals surface area contributed by atoms with Gasteiger partial charge in [-0.3, -0.25) is 9.11 Å². The van der Waals surface area contributed by atoms with E-state index in [1.54, 1.807) is 0 Å². The van der Waals surface area contributed by atoms with Gasteiger partial charge in [0.15, 0.2) is 0 Å². The first-order chi connectivity index (χ1) is 12.6. The zero-order valence-corrected chi connectivity index (χ0v) is 21.0. The number of phenolic OH excluding ortho intramolecular Hbond substituents is 1. The van der Waals surface area contributed by atoms with Crippen LogP contribution in [0.4, 0.5) is 11.4 Å². The number of rotatable bonds is 4. The van der Waals surface area contributed by atoms with Gasteiger partial charge in [0.05, 0.1) is 15.5 Å². The van der Waals surface area contributed by atoms with Crippen LogP contribution < -0.4 is 0 Å². The SMILES string of the molecule is O=S(=O)(O)c1cccc(N=Nc2c(O)ccc3cc(S(=O)(=O)O)ccc23)c1.[Na].[Na]. The topological polar surface area (TPSA) is 154 Å². The van der Waals surface area contributed by atoms with Crippen molar-refractivity contribution in [3.05, 3.63) is 54.6 Å². The summed E-state index contributed by atoms with van der Waals surface area (Å²) < 4.78 is 63.0. The van der Waals surface area contributed by atoms with Crippen LogP contribution in [0.2, 0.25) is 0 Å². The second-order valence-electron chi connectivity index (χ2n) is 5.46. The summed E-state index contributed by atoms with van der Waals surface area (Å²) in [7, 11) is -8.79. The van der Waals surface area contributed by atoms with E-state index in [9.17, 15) is 21.9 Å². The Kier molecular flexibility index (Phi) is 8.99. The van der Waals surface area contributed by atoms with Crippen LogP contribution >= 0.6 is 0 Å². The molecule has 3 rings (SSSR count). The maximum absolute atomic E-state index is 11.2. The predicted molar refractivity (Wildman–Crippen MR) is 107 cm³/mol. The van der Waals surface area contributed by atoms with Crippen LogP contribution in [0.5, 0.6) is 5.75 Å². The normalized spacial score (nSPS) is 11.8. The Labute approximate surface area is 210 Å². The minimum Gasteiger partial charge on any atom is -0.506 e. The quantitative estimate of drug-likeness (QED) is 0.311.